The highest BCUT2D eigenvalue weighted by atomic mass is 32.2. The van der Waals surface area contributed by atoms with Gasteiger partial charge in [0.05, 0.1) is 0 Å². The molecule has 90 valence electrons. The first kappa shape index (κ1) is 12.8. The van der Waals surface area contributed by atoms with Gasteiger partial charge in [0.2, 0.25) is 0 Å². The molecule has 0 unspecified atom stereocenters. The van der Waals surface area contributed by atoms with Gasteiger partial charge in [-0.2, -0.15) is 8.42 Å². The van der Waals surface area contributed by atoms with Crippen molar-refractivity contribution in [3.8, 4) is 11.5 Å². The van der Waals surface area contributed by atoms with E-state index in [1.807, 2.05) is 0 Å². The second-order valence-corrected chi connectivity index (χ2v) is 5.92. The summed E-state index contributed by atoms with van der Waals surface area (Å²) >= 11 is 0. The van der Waals surface area contributed by atoms with Crippen LogP contribution < -0.4 is 0 Å². The van der Waals surface area contributed by atoms with E-state index in [2.05, 4.69) is 0 Å². The number of benzene rings is 1. The smallest absolute Gasteiger partial charge is 0.298 e. The average molecular weight is 246 g/mol. The number of phenols is 2. The van der Waals surface area contributed by atoms with Gasteiger partial charge in [-0.1, -0.05) is 26.8 Å². The maximum absolute atomic E-state index is 10.9. The second-order valence-electron chi connectivity index (χ2n) is 4.53. The predicted octanol–water partition coefficient (Wildman–Crippen LogP) is 1.64. The summed E-state index contributed by atoms with van der Waals surface area (Å²) in [5.74, 6) is -1.35. The quantitative estimate of drug-likeness (QED) is 0.517. The summed E-state index contributed by atoms with van der Waals surface area (Å²) < 4.78 is 30.5. The summed E-state index contributed by atoms with van der Waals surface area (Å²) in [5, 5.41) is 19.1. The summed E-state index contributed by atoms with van der Waals surface area (Å²) in [4.78, 5) is -0.696. The van der Waals surface area contributed by atoms with Gasteiger partial charge in [0.25, 0.3) is 10.1 Å². The van der Waals surface area contributed by atoms with E-state index >= 15 is 0 Å². The Morgan fingerprint density at radius 2 is 1.56 bits per heavy atom. The fourth-order valence-electron chi connectivity index (χ4n) is 1.37. The van der Waals surface area contributed by atoms with Gasteiger partial charge in [-0.15, -0.1) is 0 Å². The van der Waals surface area contributed by atoms with Crippen LogP contribution in [0.1, 0.15) is 26.3 Å². The van der Waals surface area contributed by atoms with Crippen LogP contribution in [0.2, 0.25) is 0 Å². The van der Waals surface area contributed by atoms with E-state index in [0.717, 1.165) is 6.07 Å². The number of hydrogen-bond donors (Lipinski definition) is 3. The minimum atomic E-state index is -4.53. The molecule has 16 heavy (non-hydrogen) atoms. The molecule has 0 radical (unpaired) electrons. The largest absolute Gasteiger partial charge is 0.504 e. The highest BCUT2D eigenvalue weighted by molar-refractivity contribution is 7.86. The first-order chi connectivity index (χ1) is 7.05. The fourth-order valence-corrected chi connectivity index (χ4v) is 1.96. The minimum absolute atomic E-state index is 0.400. The molecule has 0 aliphatic carbocycles. The molecule has 0 heterocycles. The molecule has 0 fully saturated rings. The van der Waals surface area contributed by atoms with Gasteiger partial charge in [0, 0.05) is 5.56 Å². The summed E-state index contributed by atoms with van der Waals surface area (Å²) in [7, 11) is -4.53. The highest BCUT2D eigenvalue weighted by Crippen LogP contribution is 2.40. The molecule has 0 spiro atoms. The maximum Gasteiger partial charge on any atom is 0.298 e. The normalized spacial score (nSPS) is 12.8. The molecule has 3 N–H and O–H groups in total. The second kappa shape index (κ2) is 3.64. The average Bonchev–Trinajstić information content (AvgIpc) is 2.05. The molecule has 0 aliphatic rings. The number of phenolic OH excluding ortho intramolecular Hbond substituents is 2. The van der Waals surface area contributed by atoms with Gasteiger partial charge in [0.1, 0.15) is 4.90 Å². The van der Waals surface area contributed by atoms with Gasteiger partial charge in [-0.3, -0.25) is 4.55 Å². The fraction of sp³-hybridized carbons (Fsp3) is 0.400. The van der Waals surface area contributed by atoms with Crippen molar-refractivity contribution in [1.82, 2.24) is 0 Å². The lowest BCUT2D eigenvalue weighted by Gasteiger charge is -2.21. The van der Waals surface area contributed by atoms with Crippen LogP contribution in [-0.2, 0) is 15.5 Å². The van der Waals surface area contributed by atoms with Crippen molar-refractivity contribution in [2.24, 2.45) is 0 Å². The molecule has 1 aromatic carbocycles. The summed E-state index contributed by atoms with van der Waals surface area (Å²) in [6, 6.07) is 2.42. The molecule has 0 amide bonds. The number of hydrogen-bond acceptors (Lipinski definition) is 4. The molecule has 1 rings (SSSR count). The zero-order chi connectivity index (χ0) is 12.7. The molecule has 0 saturated heterocycles. The number of aromatic hydroxyl groups is 2. The minimum Gasteiger partial charge on any atom is -0.504 e. The Morgan fingerprint density at radius 3 is 1.94 bits per heavy atom. The number of rotatable bonds is 1. The Balaban J connectivity index is 3.54. The lowest BCUT2D eigenvalue weighted by molar-refractivity contribution is 0.376. The molecular weight excluding hydrogens is 232 g/mol. The van der Waals surface area contributed by atoms with Gasteiger partial charge >= 0.3 is 0 Å². The van der Waals surface area contributed by atoms with Crippen LogP contribution in [0.3, 0.4) is 0 Å². The van der Waals surface area contributed by atoms with E-state index in [0.29, 0.717) is 5.56 Å². The van der Waals surface area contributed by atoms with Crippen molar-refractivity contribution in [2.45, 2.75) is 31.1 Å². The van der Waals surface area contributed by atoms with E-state index in [1.165, 1.54) is 6.07 Å². The predicted molar refractivity (Wildman–Crippen MR) is 58.3 cm³/mol. The van der Waals surface area contributed by atoms with Crippen LogP contribution >= 0.6 is 0 Å². The van der Waals surface area contributed by atoms with Crippen LogP contribution in [0.5, 0.6) is 11.5 Å². The molecule has 5 nitrogen and oxygen atoms in total. The Hall–Kier alpha value is -1.27. The van der Waals surface area contributed by atoms with Crippen molar-refractivity contribution in [3.63, 3.8) is 0 Å². The monoisotopic (exact) mass is 246 g/mol. The molecule has 0 saturated carbocycles. The van der Waals surface area contributed by atoms with Crippen molar-refractivity contribution >= 4 is 10.1 Å². The van der Waals surface area contributed by atoms with Crippen molar-refractivity contribution < 1.29 is 23.2 Å². The standard InChI is InChI=1S/C10H14O5S/c1-10(2,3)6-4-5-7(16(13,14)15)9(12)8(6)11/h4-5,11-12H,1-3H3,(H,13,14,15). The third-order valence-electron chi connectivity index (χ3n) is 2.20. The van der Waals surface area contributed by atoms with E-state index < -0.39 is 31.9 Å². The molecule has 0 atom stereocenters. The SMILES string of the molecule is CC(C)(C)c1ccc(S(=O)(=O)O)c(O)c1O. The zero-order valence-corrected chi connectivity index (χ0v) is 10.0. The Kier molecular flexibility index (Phi) is 2.91. The lowest BCUT2D eigenvalue weighted by Crippen LogP contribution is -2.12. The van der Waals surface area contributed by atoms with E-state index in [-0.39, 0.29) is 0 Å². The molecular formula is C10H14O5S. The first-order valence-electron chi connectivity index (χ1n) is 4.58. The van der Waals surface area contributed by atoms with E-state index in [1.54, 1.807) is 20.8 Å². The van der Waals surface area contributed by atoms with Crippen LogP contribution in [0.4, 0.5) is 0 Å². The van der Waals surface area contributed by atoms with E-state index in [9.17, 15) is 18.6 Å². The van der Waals surface area contributed by atoms with Gasteiger partial charge in [-0.25, -0.2) is 0 Å². The van der Waals surface area contributed by atoms with Crippen molar-refractivity contribution in [1.29, 1.82) is 0 Å². The van der Waals surface area contributed by atoms with Gasteiger partial charge < -0.3 is 10.2 Å². The molecule has 6 heteroatoms. The van der Waals surface area contributed by atoms with Crippen LogP contribution in [0.25, 0.3) is 0 Å². The van der Waals surface area contributed by atoms with Crippen LogP contribution in [-0.4, -0.2) is 23.2 Å². The summed E-state index contributed by atoms with van der Waals surface area (Å²) in [5.41, 5.74) is -0.0448. The molecule has 0 bridgehead atoms. The lowest BCUT2D eigenvalue weighted by atomic mass is 9.86. The Morgan fingerprint density at radius 1 is 1.06 bits per heavy atom. The topological polar surface area (TPSA) is 94.8 Å². The van der Waals surface area contributed by atoms with Gasteiger partial charge in [0.15, 0.2) is 11.5 Å². The Bertz CT molecular complexity index is 511. The van der Waals surface area contributed by atoms with Gasteiger partial charge in [-0.05, 0) is 11.5 Å². The molecule has 0 aromatic heterocycles. The maximum atomic E-state index is 10.9. The van der Waals surface area contributed by atoms with Crippen molar-refractivity contribution in [3.05, 3.63) is 17.7 Å². The van der Waals surface area contributed by atoms with Crippen LogP contribution in [0, 0.1) is 0 Å². The molecule has 0 aliphatic heterocycles. The third kappa shape index (κ3) is 2.28. The molecule has 1 aromatic rings. The summed E-state index contributed by atoms with van der Waals surface area (Å²) in [6.07, 6.45) is 0. The van der Waals surface area contributed by atoms with E-state index in [4.69, 9.17) is 4.55 Å². The van der Waals surface area contributed by atoms with Crippen LogP contribution in [0.15, 0.2) is 17.0 Å². The zero-order valence-electron chi connectivity index (χ0n) is 9.22. The third-order valence-corrected chi connectivity index (χ3v) is 3.09. The highest BCUT2D eigenvalue weighted by Gasteiger charge is 2.25. The first-order valence-corrected chi connectivity index (χ1v) is 6.02. The summed E-state index contributed by atoms with van der Waals surface area (Å²) in [6.45, 7) is 5.40. The Labute approximate surface area is 94.1 Å². The van der Waals surface area contributed by atoms with Crippen molar-refractivity contribution in [2.75, 3.05) is 0 Å².